The number of aliphatic hydroxyl groups is 1. The van der Waals surface area contributed by atoms with Crippen LogP contribution in [0.2, 0.25) is 0 Å². The maximum Gasteiger partial charge on any atom is 0.0606 e. The van der Waals surface area contributed by atoms with E-state index in [1.807, 2.05) is 0 Å². The van der Waals surface area contributed by atoms with Crippen LogP contribution in [0.15, 0.2) is 24.3 Å². The van der Waals surface area contributed by atoms with Crippen LogP contribution in [0.1, 0.15) is 45.1 Å². The predicted molar refractivity (Wildman–Crippen MR) is 89.7 cm³/mol. The molecule has 0 aliphatic heterocycles. The van der Waals surface area contributed by atoms with Crippen LogP contribution in [0, 0.1) is 5.92 Å². The smallest absolute Gasteiger partial charge is 0.0606 e. The van der Waals surface area contributed by atoms with Crippen LogP contribution < -0.4 is 10.2 Å². The summed E-state index contributed by atoms with van der Waals surface area (Å²) in [5.41, 5.74) is 2.58. The van der Waals surface area contributed by atoms with Crippen molar-refractivity contribution in [3.05, 3.63) is 29.8 Å². The average Bonchev–Trinajstić information content (AvgIpc) is 2.99. The largest absolute Gasteiger partial charge is 0.395 e. The van der Waals surface area contributed by atoms with Crippen molar-refractivity contribution < 1.29 is 5.11 Å². The number of hydrogen-bond acceptors (Lipinski definition) is 3. The second-order valence-corrected chi connectivity index (χ2v) is 6.55. The van der Waals surface area contributed by atoms with Crippen molar-refractivity contribution in [3.8, 4) is 0 Å². The van der Waals surface area contributed by atoms with Crippen molar-refractivity contribution in [1.29, 1.82) is 0 Å². The molecule has 0 aromatic heterocycles. The van der Waals surface area contributed by atoms with E-state index in [1.165, 1.54) is 36.9 Å². The lowest BCUT2D eigenvalue weighted by Crippen LogP contribution is -2.35. The Morgan fingerprint density at radius 1 is 1.19 bits per heavy atom. The Balaban J connectivity index is 1.94. The van der Waals surface area contributed by atoms with Gasteiger partial charge in [0.1, 0.15) is 0 Å². The quantitative estimate of drug-likeness (QED) is 0.772. The number of benzene rings is 1. The zero-order valence-corrected chi connectivity index (χ0v) is 13.5. The van der Waals surface area contributed by atoms with Crippen molar-refractivity contribution >= 4 is 5.69 Å². The minimum atomic E-state index is 0.230. The molecule has 3 heteroatoms. The number of rotatable bonds is 8. The fourth-order valence-electron chi connectivity index (χ4n) is 3.16. The Hall–Kier alpha value is -1.06. The monoisotopic (exact) mass is 290 g/mol. The van der Waals surface area contributed by atoms with E-state index in [4.69, 9.17) is 0 Å². The second-order valence-electron chi connectivity index (χ2n) is 6.55. The summed E-state index contributed by atoms with van der Waals surface area (Å²) in [6.07, 6.45) is 5.17. The fraction of sp³-hybridized carbons (Fsp3) is 0.667. The van der Waals surface area contributed by atoms with Gasteiger partial charge in [0, 0.05) is 24.8 Å². The molecule has 0 bridgehead atoms. The Kier molecular flexibility index (Phi) is 6.52. The maximum absolute atomic E-state index is 9.33. The normalized spacial score (nSPS) is 15.8. The van der Waals surface area contributed by atoms with E-state index >= 15 is 0 Å². The van der Waals surface area contributed by atoms with Gasteiger partial charge < -0.3 is 15.3 Å². The first-order chi connectivity index (χ1) is 10.2. The average molecular weight is 290 g/mol. The lowest BCUT2D eigenvalue weighted by Gasteiger charge is -2.30. The molecule has 1 aromatic carbocycles. The molecule has 1 fully saturated rings. The molecular formula is C18H30N2O. The molecule has 1 aliphatic rings. The van der Waals surface area contributed by atoms with Gasteiger partial charge in [0.15, 0.2) is 0 Å². The molecule has 1 aliphatic carbocycles. The molecule has 0 spiro atoms. The lowest BCUT2D eigenvalue weighted by molar-refractivity contribution is 0.297. The van der Waals surface area contributed by atoms with Crippen LogP contribution >= 0.6 is 0 Å². The molecule has 118 valence electrons. The highest BCUT2D eigenvalue weighted by Crippen LogP contribution is 2.28. The Bertz CT molecular complexity index is 396. The van der Waals surface area contributed by atoms with Crippen LogP contribution in [0.5, 0.6) is 0 Å². The van der Waals surface area contributed by atoms with Gasteiger partial charge in [-0.3, -0.25) is 0 Å². The molecule has 21 heavy (non-hydrogen) atoms. The molecule has 0 unspecified atom stereocenters. The van der Waals surface area contributed by atoms with Crippen LogP contribution in [0.3, 0.4) is 0 Å². The summed E-state index contributed by atoms with van der Waals surface area (Å²) in [5, 5.41) is 12.8. The summed E-state index contributed by atoms with van der Waals surface area (Å²) < 4.78 is 0. The summed E-state index contributed by atoms with van der Waals surface area (Å²) in [5.74, 6) is 0.687. The van der Waals surface area contributed by atoms with Gasteiger partial charge in [-0.2, -0.15) is 0 Å². The minimum Gasteiger partial charge on any atom is -0.395 e. The standard InChI is InChI=1S/C18H30N2O/c1-15(2)13-19-14-16-7-9-18(10-8-16)20(11-12-21)17-5-3-4-6-17/h7-10,15,17,19,21H,3-6,11-14H2,1-2H3. The van der Waals surface area contributed by atoms with Gasteiger partial charge in [0.25, 0.3) is 0 Å². The molecule has 0 heterocycles. The molecule has 0 radical (unpaired) electrons. The van der Waals surface area contributed by atoms with Crippen molar-refractivity contribution in [2.75, 3.05) is 24.6 Å². The van der Waals surface area contributed by atoms with Crippen LogP contribution in [0.4, 0.5) is 5.69 Å². The third-order valence-electron chi connectivity index (χ3n) is 4.26. The van der Waals surface area contributed by atoms with E-state index in [1.54, 1.807) is 0 Å². The van der Waals surface area contributed by atoms with E-state index in [2.05, 4.69) is 48.3 Å². The molecule has 0 atom stereocenters. The van der Waals surface area contributed by atoms with E-state index in [-0.39, 0.29) is 6.61 Å². The zero-order valence-electron chi connectivity index (χ0n) is 13.5. The van der Waals surface area contributed by atoms with Crippen LogP contribution in [-0.2, 0) is 6.54 Å². The first-order valence-corrected chi connectivity index (χ1v) is 8.38. The van der Waals surface area contributed by atoms with Crippen molar-refractivity contribution in [2.45, 2.75) is 52.1 Å². The Morgan fingerprint density at radius 3 is 2.43 bits per heavy atom. The topological polar surface area (TPSA) is 35.5 Å². The lowest BCUT2D eigenvalue weighted by atomic mass is 10.1. The van der Waals surface area contributed by atoms with Gasteiger partial charge in [0.05, 0.1) is 6.61 Å². The second kappa shape index (κ2) is 8.40. The molecular weight excluding hydrogens is 260 g/mol. The van der Waals surface area contributed by atoms with Gasteiger partial charge in [-0.1, -0.05) is 38.8 Å². The molecule has 0 amide bonds. The molecule has 1 saturated carbocycles. The number of aliphatic hydroxyl groups excluding tert-OH is 1. The highest BCUT2D eigenvalue weighted by Gasteiger charge is 2.22. The summed E-state index contributed by atoms with van der Waals surface area (Å²) in [6.45, 7) is 7.42. The highest BCUT2D eigenvalue weighted by molar-refractivity contribution is 5.48. The van der Waals surface area contributed by atoms with Gasteiger partial charge in [-0.15, -0.1) is 0 Å². The summed E-state index contributed by atoms with van der Waals surface area (Å²) >= 11 is 0. The zero-order chi connectivity index (χ0) is 15.1. The number of nitrogens with one attached hydrogen (secondary N) is 1. The van der Waals surface area contributed by atoms with Crippen molar-refractivity contribution in [1.82, 2.24) is 5.32 Å². The van der Waals surface area contributed by atoms with Crippen LogP contribution in [0.25, 0.3) is 0 Å². The van der Waals surface area contributed by atoms with Gasteiger partial charge in [-0.25, -0.2) is 0 Å². The Morgan fingerprint density at radius 2 is 1.86 bits per heavy atom. The van der Waals surface area contributed by atoms with Crippen LogP contribution in [-0.4, -0.2) is 30.8 Å². The first kappa shape index (κ1) is 16.3. The number of nitrogens with zero attached hydrogens (tertiary/aromatic N) is 1. The van der Waals surface area contributed by atoms with Crippen molar-refractivity contribution in [2.24, 2.45) is 5.92 Å². The fourth-order valence-corrected chi connectivity index (χ4v) is 3.16. The molecule has 1 aromatic rings. The summed E-state index contributed by atoms with van der Waals surface area (Å²) in [7, 11) is 0. The molecule has 3 nitrogen and oxygen atoms in total. The molecule has 2 rings (SSSR count). The summed E-state index contributed by atoms with van der Waals surface area (Å²) in [6, 6.07) is 9.45. The van der Waals surface area contributed by atoms with E-state index in [9.17, 15) is 5.11 Å². The first-order valence-electron chi connectivity index (χ1n) is 8.38. The molecule has 0 saturated heterocycles. The third-order valence-corrected chi connectivity index (χ3v) is 4.26. The SMILES string of the molecule is CC(C)CNCc1ccc(N(CCO)C2CCCC2)cc1. The predicted octanol–water partition coefficient (Wildman–Crippen LogP) is 3.17. The highest BCUT2D eigenvalue weighted by atomic mass is 16.3. The van der Waals surface area contributed by atoms with E-state index in [0.717, 1.165) is 19.6 Å². The Labute approximate surface area is 129 Å². The van der Waals surface area contributed by atoms with Gasteiger partial charge in [-0.05, 0) is 43.0 Å². The van der Waals surface area contributed by atoms with Gasteiger partial charge in [0.2, 0.25) is 0 Å². The molecule has 2 N–H and O–H groups in total. The van der Waals surface area contributed by atoms with E-state index < -0.39 is 0 Å². The maximum atomic E-state index is 9.33. The summed E-state index contributed by atoms with van der Waals surface area (Å²) in [4.78, 5) is 2.39. The van der Waals surface area contributed by atoms with Crippen molar-refractivity contribution in [3.63, 3.8) is 0 Å². The minimum absolute atomic E-state index is 0.230. The van der Waals surface area contributed by atoms with Gasteiger partial charge >= 0.3 is 0 Å². The number of anilines is 1. The van der Waals surface area contributed by atoms with E-state index in [0.29, 0.717) is 12.0 Å². The third kappa shape index (κ3) is 5.01. The number of hydrogen-bond donors (Lipinski definition) is 2.